The normalized spacial score (nSPS) is 10.5. The molecule has 0 atom stereocenters. The highest BCUT2D eigenvalue weighted by Crippen LogP contribution is 2.20. The van der Waals surface area contributed by atoms with Gasteiger partial charge in [0.1, 0.15) is 5.82 Å². The fourth-order valence-electron chi connectivity index (χ4n) is 1.81. The Morgan fingerprint density at radius 1 is 1.32 bits per heavy atom. The van der Waals surface area contributed by atoms with Gasteiger partial charge in [-0.1, -0.05) is 0 Å². The van der Waals surface area contributed by atoms with Crippen LogP contribution in [0.1, 0.15) is 18.2 Å². The average Bonchev–Trinajstić information content (AvgIpc) is 2.40. The van der Waals surface area contributed by atoms with Gasteiger partial charge in [-0.15, -0.1) is 0 Å². The van der Waals surface area contributed by atoms with Gasteiger partial charge in [0, 0.05) is 37.7 Å². The van der Waals surface area contributed by atoms with Crippen molar-refractivity contribution in [2.45, 2.75) is 20.5 Å². The van der Waals surface area contributed by atoms with Crippen molar-refractivity contribution in [3.8, 4) is 11.4 Å². The number of nitrogens with zero attached hydrogens (tertiary/aromatic N) is 3. The molecule has 0 unspecified atom stereocenters. The number of hydrogen-bond acceptors (Lipinski definition) is 5. The minimum absolute atomic E-state index is 0.466. The predicted octanol–water partition coefficient (Wildman–Crippen LogP) is 2.43. The lowest BCUT2D eigenvalue weighted by atomic mass is 10.1. The van der Waals surface area contributed by atoms with Crippen molar-refractivity contribution in [2.75, 3.05) is 19.0 Å². The molecule has 19 heavy (non-hydrogen) atoms. The topological polar surface area (TPSA) is 59.9 Å². The smallest absolute Gasteiger partial charge is 0.163 e. The van der Waals surface area contributed by atoms with E-state index in [1.54, 1.807) is 19.5 Å². The van der Waals surface area contributed by atoms with E-state index < -0.39 is 0 Å². The van der Waals surface area contributed by atoms with E-state index in [0.29, 0.717) is 12.4 Å². The number of aryl methyl sites for hydroxylation is 1. The van der Waals surface area contributed by atoms with Crippen LogP contribution in [0.3, 0.4) is 0 Å². The highest BCUT2D eigenvalue weighted by molar-refractivity contribution is 5.60. The van der Waals surface area contributed by atoms with E-state index in [2.05, 4.69) is 20.3 Å². The molecule has 2 rings (SSSR count). The number of nitrogens with one attached hydrogen (secondary N) is 1. The first-order chi connectivity index (χ1) is 9.24. The van der Waals surface area contributed by atoms with Crippen LogP contribution >= 0.6 is 0 Å². The highest BCUT2D eigenvalue weighted by Gasteiger charge is 2.09. The molecule has 0 aromatic carbocycles. The van der Waals surface area contributed by atoms with E-state index in [9.17, 15) is 0 Å². The van der Waals surface area contributed by atoms with Gasteiger partial charge in [0.15, 0.2) is 5.82 Å². The fraction of sp³-hybridized carbons (Fsp3) is 0.357. The van der Waals surface area contributed by atoms with E-state index in [4.69, 9.17) is 4.74 Å². The zero-order valence-electron chi connectivity index (χ0n) is 11.5. The Morgan fingerprint density at radius 2 is 2.16 bits per heavy atom. The Bertz CT molecular complexity index is 533. The van der Waals surface area contributed by atoms with Crippen LogP contribution in [-0.4, -0.2) is 28.6 Å². The summed E-state index contributed by atoms with van der Waals surface area (Å²) in [5.41, 5.74) is 2.90. The number of methoxy groups -OCH3 is 1. The largest absolute Gasteiger partial charge is 0.378 e. The molecular formula is C14H18N4O. The van der Waals surface area contributed by atoms with Gasteiger partial charge < -0.3 is 10.1 Å². The average molecular weight is 258 g/mol. The second kappa shape index (κ2) is 6.24. The number of anilines is 1. The molecule has 0 radical (unpaired) electrons. The van der Waals surface area contributed by atoms with Crippen molar-refractivity contribution < 1.29 is 4.74 Å². The van der Waals surface area contributed by atoms with Crippen LogP contribution in [0.2, 0.25) is 0 Å². The fourth-order valence-corrected chi connectivity index (χ4v) is 1.81. The van der Waals surface area contributed by atoms with Crippen molar-refractivity contribution in [3.63, 3.8) is 0 Å². The van der Waals surface area contributed by atoms with Crippen molar-refractivity contribution in [1.82, 2.24) is 15.0 Å². The van der Waals surface area contributed by atoms with Crippen LogP contribution in [0.5, 0.6) is 0 Å². The molecule has 0 aliphatic heterocycles. The van der Waals surface area contributed by atoms with Crippen LogP contribution in [-0.2, 0) is 11.3 Å². The quantitative estimate of drug-likeness (QED) is 0.892. The molecule has 0 aliphatic carbocycles. The van der Waals surface area contributed by atoms with Crippen LogP contribution in [0.25, 0.3) is 11.4 Å². The van der Waals surface area contributed by atoms with Gasteiger partial charge in [0.25, 0.3) is 0 Å². The van der Waals surface area contributed by atoms with Gasteiger partial charge in [-0.25, -0.2) is 9.97 Å². The first kappa shape index (κ1) is 13.4. The summed E-state index contributed by atoms with van der Waals surface area (Å²) in [4.78, 5) is 13.2. The van der Waals surface area contributed by atoms with E-state index >= 15 is 0 Å². The molecule has 0 aliphatic rings. The summed E-state index contributed by atoms with van der Waals surface area (Å²) in [7, 11) is 1.66. The maximum absolute atomic E-state index is 5.15. The van der Waals surface area contributed by atoms with Crippen molar-refractivity contribution in [3.05, 3.63) is 35.8 Å². The van der Waals surface area contributed by atoms with Crippen LogP contribution in [0.15, 0.2) is 24.5 Å². The molecule has 2 aromatic heterocycles. The van der Waals surface area contributed by atoms with Crippen molar-refractivity contribution in [2.24, 2.45) is 0 Å². The molecule has 0 amide bonds. The molecule has 0 fully saturated rings. The van der Waals surface area contributed by atoms with Crippen LogP contribution in [0, 0.1) is 6.92 Å². The van der Waals surface area contributed by atoms with E-state index in [1.807, 2.05) is 26.0 Å². The van der Waals surface area contributed by atoms with Crippen molar-refractivity contribution >= 4 is 5.82 Å². The number of pyridine rings is 1. The Morgan fingerprint density at radius 3 is 2.84 bits per heavy atom. The molecule has 2 heterocycles. The highest BCUT2D eigenvalue weighted by atomic mass is 16.5. The Labute approximate surface area is 113 Å². The van der Waals surface area contributed by atoms with Gasteiger partial charge in [0.05, 0.1) is 12.3 Å². The van der Waals surface area contributed by atoms with Gasteiger partial charge in [-0.3, -0.25) is 4.98 Å². The van der Waals surface area contributed by atoms with E-state index in [-0.39, 0.29) is 0 Å². The summed E-state index contributed by atoms with van der Waals surface area (Å²) in [6, 6.07) is 3.86. The molecular weight excluding hydrogens is 240 g/mol. The monoisotopic (exact) mass is 258 g/mol. The molecule has 100 valence electrons. The molecule has 5 nitrogen and oxygen atoms in total. The molecule has 5 heteroatoms. The molecule has 1 N–H and O–H groups in total. The maximum atomic E-state index is 5.15. The van der Waals surface area contributed by atoms with Gasteiger partial charge in [-0.2, -0.15) is 0 Å². The van der Waals surface area contributed by atoms with Gasteiger partial charge >= 0.3 is 0 Å². The first-order valence-corrected chi connectivity index (χ1v) is 6.26. The Kier molecular flexibility index (Phi) is 4.41. The minimum Gasteiger partial charge on any atom is -0.378 e. The molecule has 0 spiro atoms. The molecule has 2 aromatic rings. The molecule has 0 saturated heterocycles. The third-order valence-electron chi connectivity index (χ3n) is 2.71. The lowest BCUT2D eigenvalue weighted by Gasteiger charge is -2.09. The predicted molar refractivity (Wildman–Crippen MR) is 74.9 cm³/mol. The van der Waals surface area contributed by atoms with Crippen molar-refractivity contribution in [1.29, 1.82) is 0 Å². The summed E-state index contributed by atoms with van der Waals surface area (Å²) in [5.74, 6) is 1.49. The third-order valence-corrected chi connectivity index (χ3v) is 2.71. The summed E-state index contributed by atoms with van der Waals surface area (Å²) in [5, 5.41) is 3.21. The van der Waals surface area contributed by atoms with Crippen LogP contribution in [0.4, 0.5) is 5.82 Å². The maximum Gasteiger partial charge on any atom is 0.163 e. The standard InChI is InChI=1S/C14H18N4O/c1-4-16-13-7-11(9-19-3)17-14(18-13)12-8-15-6-5-10(12)2/h5-8H,4,9H2,1-3H3,(H,16,17,18). The minimum atomic E-state index is 0.466. The van der Waals surface area contributed by atoms with E-state index in [1.165, 1.54) is 0 Å². The number of ether oxygens (including phenoxy) is 1. The Balaban J connectivity index is 2.46. The second-order valence-corrected chi connectivity index (χ2v) is 4.22. The SMILES string of the molecule is CCNc1cc(COC)nc(-c2cnccc2C)n1. The Hall–Kier alpha value is -2.01. The number of aromatic nitrogens is 3. The summed E-state index contributed by atoms with van der Waals surface area (Å²) in [6.45, 7) is 5.34. The van der Waals surface area contributed by atoms with Crippen LogP contribution < -0.4 is 5.32 Å². The second-order valence-electron chi connectivity index (χ2n) is 4.22. The zero-order chi connectivity index (χ0) is 13.7. The van der Waals surface area contributed by atoms with E-state index in [0.717, 1.165) is 29.2 Å². The number of hydrogen-bond donors (Lipinski definition) is 1. The third kappa shape index (κ3) is 3.26. The number of rotatable bonds is 5. The molecule has 0 saturated carbocycles. The lowest BCUT2D eigenvalue weighted by molar-refractivity contribution is 0.181. The zero-order valence-corrected chi connectivity index (χ0v) is 11.5. The summed E-state index contributed by atoms with van der Waals surface area (Å²) >= 11 is 0. The molecule has 0 bridgehead atoms. The summed E-state index contributed by atoms with van der Waals surface area (Å²) < 4.78 is 5.15. The first-order valence-electron chi connectivity index (χ1n) is 6.26. The lowest BCUT2D eigenvalue weighted by Crippen LogP contribution is -2.05. The van der Waals surface area contributed by atoms with Gasteiger partial charge in [-0.05, 0) is 25.5 Å². The van der Waals surface area contributed by atoms with Gasteiger partial charge in [0.2, 0.25) is 0 Å². The summed E-state index contributed by atoms with van der Waals surface area (Å²) in [6.07, 6.45) is 3.56.